The van der Waals surface area contributed by atoms with Gasteiger partial charge in [0.15, 0.2) is 0 Å². The zero-order chi connectivity index (χ0) is 17.4. The van der Waals surface area contributed by atoms with Crippen LogP contribution in [-0.2, 0) is 4.79 Å². The van der Waals surface area contributed by atoms with Crippen molar-refractivity contribution in [2.75, 3.05) is 31.1 Å². The van der Waals surface area contributed by atoms with E-state index in [0.29, 0.717) is 12.1 Å². The van der Waals surface area contributed by atoms with Crippen LogP contribution in [0.3, 0.4) is 0 Å². The van der Waals surface area contributed by atoms with Crippen LogP contribution in [0.25, 0.3) is 10.9 Å². The van der Waals surface area contributed by atoms with E-state index in [1.165, 1.54) is 0 Å². The fourth-order valence-corrected chi connectivity index (χ4v) is 4.17. The van der Waals surface area contributed by atoms with Crippen LogP contribution in [0, 0.1) is 17.2 Å². The van der Waals surface area contributed by atoms with Crippen LogP contribution in [-0.4, -0.2) is 42.0 Å². The maximum atomic E-state index is 12.6. The van der Waals surface area contributed by atoms with Gasteiger partial charge in [-0.1, -0.05) is 15.9 Å². The number of amides is 1. The number of pyridine rings is 1. The maximum absolute atomic E-state index is 12.6. The highest BCUT2D eigenvalue weighted by Crippen LogP contribution is 2.29. The number of rotatable bonds is 2. The van der Waals surface area contributed by atoms with E-state index in [-0.39, 0.29) is 11.8 Å². The van der Waals surface area contributed by atoms with Gasteiger partial charge in [0.05, 0.1) is 23.1 Å². The molecule has 2 aliphatic rings. The molecule has 0 saturated carbocycles. The second-order valence-corrected chi connectivity index (χ2v) is 7.68. The molecule has 4 rings (SSSR count). The smallest absolute Gasteiger partial charge is 0.227 e. The Morgan fingerprint density at radius 3 is 2.80 bits per heavy atom. The summed E-state index contributed by atoms with van der Waals surface area (Å²) in [7, 11) is 0. The third-order valence-electron chi connectivity index (χ3n) is 5.16. The Labute approximate surface area is 155 Å². The summed E-state index contributed by atoms with van der Waals surface area (Å²) >= 11 is 3.45. The summed E-state index contributed by atoms with van der Waals surface area (Å²) in [6.07, 6.45) is 3.10. The first-order chi connectivity index (χ1) is 12.2. The summed E-state index contributed by atoms with van der Waals surface area (Å²) in [6.45, 7) is 3.30. The molecule has 2 saturated heterocycles. The standard InChI is InChI=1S/C19H19BrN4O/c20-15-3-4-17-16(10-15)14(11-21)9-18(22-17)24-8-5-13(12-24)19(25)23-6-1-2-7-23/h3-4,9-10,13H,1-2,5-8,12H2/t13-/m1/s1. The summed E-state index contributed by atoms with van der Waals surface area (Å²) in [5.41, 5.74) is 1.43. The zero-order valence-electron chi connectivity index (χ0n) is 13.9. The number of carbonyl (C=O) groups excluding carboxylic acids is 1. The lowest BCUT2D eigenvalue weighted by Crippen LogP contribution is -2.35. The molecule has 2 aliphatic heterocycles. The molecule has 1 aromatic carbocycles. The third-order valence-corrected chi connectivity index (χ3v) is 5.65. The van der Waals surface area contributed by atoms with Gasteiger partial charge in [-0.15, -0.1) is 0 Å². The van der Waals surface area contributed by atoms with Gasteiger partial charge in [-0.2, -0.15) is 5.26 Å². The average Bonchev–Trinajstić information content (AvgIpc) is 3.32. The van der Waals surface area contributed by atoms with E-state index >= 15 is 0 Å². The molecule has 6 heteroatoms. The van der Waals surface area contributed by atoms with Crippen LogP contribution in [0.15, 0.2) is 28.7 Å². The number of benzene rings is 1. The van der Waals surface area contributed by atoms with Crippen molar-refractivity contribution in [1.29, 1.82) is 5.26 Å². The third kappa shape index (κ3) is 3.09. The SMILES string of the molecule is N#Cc1cc(N2CC[C@@H](C(=O)N3CCCC3)C2)nc2ccc(Br)cc12. The molecule has 0 radical (unpaired) electrons. The largest absolute Gasteiger partial charge is 0.356 e. The van der Waals surface area contributed by atoms with Crippen LogP contribution in [0.2, 0.25) is 0 Å². The molecule has 0 N–H and O–H groups in total. The first-order valence-electron chi connectivity index (χ1n) is 8.70. The summed E-state index contributed by atoms with van der Waals surface area (Å²) in [4.78, 5) is 21.5. The lowest BCUT2D eigenvalue weighted by atomic mass is 10.1. The van der Waals surface area contributed by atoms with Crippen molar-refractivity contribution in [3.05, 3.63) is 34.3 Å². The molecule has 2 fully saturated rings. The van der Waals surface area contributed by atoms with Crippen molar-refractivity contribution in [2.45, 2.75) is 19.3 Å². The van der Waals surface area contributed by atoms with Gasteiger partial charge in [-0.25, -0.2) is 4.98 Å². The predicted octanol–water partition coefficient (Wildman–Crippen LogP) is 3.32. The zero-order valence-corrected chi connectivity index (χ0v) is 15.5. The highest BCUT2D eigenvalue weighted by atomic mass is 79.9. The minimum absolute atomic E-state index is 0.0473. The van der Waals surface area contributed by atoms with Gasteiger partial charge in [0.2, 0.25) is 5.91 Å². The average molecular weight is 399 g/mol. The summed E-state index contributed by atoms with van der Waals surface area (Å²) in [6, 6.07) is 9.90. The van der Waals surface area contributed by atoms with Gasteiger partial charge < -0.3 is 9.80 Å². The van der Waals surface area contributed by atoms with Crippen LogP contribution in [0.4, 0.5) is 5.82 Å². The summed E-state index contributed by atoms with van der Waals surface area (Å²) in [5, 5.41) is 10.4. The van der Waals surface area contributed by atoms with E-state index < -0.39 is 0 Å². The Kier molecular flexibility index (Phi) is 4.34. The number of anilines is 1. The number of hydrogen-bond donors (Lipinski definition) is 0. The Bertz CT molecular complexity index is 870. The molecule has 2 aromatic rings. The molecule has 5 nitrogen and oxygen atoms in total. The first kappa shape index (κ1) is 16.3. The Hall–Kier alpha value is -2.13. The normalized spacial score (nSPS) is 20.2. The molecular weight excluding hydrogens is 380 g/mol. The number of hydrogen-bond acceptors (Lipinski definition) is 4. The van der Waals surface area contributed by atoms with E-state index in [9.17, 15) is 10.1 Å². The number of carbonyl (C=O) groups is 1. The topological polar surface area (TPSA) is 60.2 Å². The fourth-order valence-electron chi connectivity index (χ4n) is 3.80. The monoisotopic (exact) mass is 398 g/mol. The van der Waals surface area contributed by atoms with Crippen LogP contribution < -0.4 is 4.90 Å². The molecule has 1 aromatic heterocycles. The van der Waals surface area contributed by atoms with Gasteiger partial charge in [0, 0.05) is 36.0 Å². The minimum atomic E-state index is 0.0473. The highest BCUT2D eigenvalue weighted by molar-refractivity contribution is 9.10. The molecule has 0 bridgehead atoms. The molecule has 1 atom stereocenters. The highest BCUT2D eigenvalue weighted by Gasteiger charge is 2.33. The van der Waals surface area contributed by atoms with Gasteiger partial charge in [0.25, 0.3) is 0 Å². The summed E-state index contributed by atoms with van der Waals surface area (Å²) < 4.78 is 0.934. The Balaban J connectivity index is 1.59. The van der Waals surface area contributed by atoms with Crippen molar-refractivity contribution >= 4 is 38.6 Å². The molecular formula is C19H19BrN4O. The van der Waals surface area contributed by atoms with Crippen LogP contribution in [0.1, 0.15) is 24.8 Å². The quantitative estimate of drug-likeness (QED) is 0.778. The van der Waals surface area contributed by atoms with E-state index in [1.807, 2.05) is 29.2 Å². The fraction of sp³-hybridized carbons (Fsp3) is 0.421. The molecule has 0 unspecified atom stereocenters. The maximum Gasteiger partial charge on any atom is 0.227 e. The van der Waals surface area contributed by atoms with Gasteiger partial charge in [-0.3, -0.25) is 4.79 Å². The number of fused-ring (bicyclic) bond motifs is 1. The van der Waals surface area contributed by atoms with E-state index in [2.05, 4.69) is 26.9 Å². The van der Waals surface area contributed by atoms with E-state index in [0.717, 1.165) is 60.1 Å². The van der Waals surface area contributed by atoms with Crippen LogP contribution >= 0.6 is 15.9 Å². The predicted molar refractivity (Wildman–Crippen MR) is 100 cm³/mol. The van der Waals surface area contributed by atoms with Gasteiger partial charge in [-0.05, 0) is 43.5 Å². The molecule has 128 valence electrons. The Morgan fingerprint density at radius 2 is 2.04 bits per heavy atom. The number of halogens is 1. The molecule has 25 heavy (non-hydrogen) atoms. The van der Waals surface area contributed by atoms with Crippen molar-refractivity contribution < 1.29 is 4.79 Å². The lowest BCUT2D eigenvalue weighted by molar-refractivity contribution is -0.133. The number of likely N-dealkylation sites (tertiary alicyclic amines) is 1. The molecule has 0 aliphatic carbocycles. The van der Waals surface area contributed by atoms with Crippen LogP contribution in [0.5, 0.6) is 0 Å². The van der Waals surface area contributed by atoms with Crippen molar-refractivity contribution in [2.24, 2.45) is 5.92 Å². The van der Waals surface area contributed by atoms with E-state index in [1.54, 1.807) is 0 Å². The second-order valence-electron chi connectivity index (χ2n) is 6.77. The number of nitrogens with zero attached hydrogens (tertiary/aromatic N) is 4. The van der Waals surface area contributed by atoms with Gasteiger partial charge in [0.1, 0.15) is 5.82 Å². The van der Waals surface area contributed by atoms with E-state index in [4.69, 9.17) is 4.98 Å². The molecule has 1 amide bonds. The van der Waals surface area contributed by atoms with Crippen molar-refractivity contribution in [1.82, 2.24) is 9.88 Å². The molecule has 3 heterocycles. The second kappa shape index (κ2) is 6.64. The van der Waals surface area contributed by atoms with Crippen molar-refractivity contribution in [3.63, 3.8) is 0 Å². The first-order valence-corrected chi connectivity index (χ1v) is 9.49. The lowest BCUT2D eigenvalue weighted by Gasteiger charge is -2.21. The number of nitriles is 1. The molecule has 0 spiro atoms. The van der Waals surface area contributed by atoms with Gasteiger partial charge >= 0.3 is 0 Å². The summed E-state index contributed by atoms with van der Waals surface area (Å²) in [5.74, 6) is 1.12. The number of aromatic nitrogens is 1. The minimum Gasteiger partial charge on any atom is -0.356 e. The Morgan fingerprint density at radius 1 is 1.24 bits per heavy atom. The van der Waals surface area contributed by atoms with Crippen molar-refractivity contribution in [3.8, 4) is 6.07 Å².